The van der Waals surface area contributed by atoms with Gasteiger partial charge in [0.15, 0.2) is 8.32 Å². The molecule has 36 heavy (non-hydrogen) atoms. The molecule has 0 aliphatic carbocycles. The van der Waals surface area contributed by atoms with Gasteiger partial charge in [-0.05, 0) is 37.4 Å². The fraction of sp³-hybridized carbons (Fsp3) is 0.969. The summed E-state index contributed by atoms with van der Waals surface area (Å²) >= 11 is 0. The van der Waals surface area contributed by atoms with Gasteiger partial charge in [0.2, 0.25) is 0 Å². The van der Waals surface area contributed by atoms with Crippen LogP contribution < -0.4 is 0 Å². The second kappa shape index (κ2) is 22.6. The van der Waals surface area contributed by atoms with Crippen molar-refractivity contribution < 1.29 is 14.0 Å². The van der Waals surface area contributed by atoms with Crippen LogP contribution in [0, 0.1) is 0 Å². The second-order valence-electron chi connectivity index (χ2n) is 12.7. The number of carbonyl (C=O) groups is 1. The predicted octanol–water partition coefficient (Wildman–Crippen LogP) is 11.2. The molecule has 4 heteroatoms. The molecule has 1 atom stereocenters. The van der Waals surface area contributed by atoms with Gasteiger partial charge in [0, 0.05) is 19.4 Å². The topological polar surface area (TPSA) is 35.5 Å². The molecule has 0 saturated carbocycles. The van der Waals surface area contributed by atoms with Crippen LogP contribution in [0.3, 0.4) is 0 Å². The van der Waals surface area contributed by atoms with E-state index in [-0.39, 0.29) is 17.1 Å². The van der Waals surface area contributed by atoms with Crippen LogP contribution in [0.25, 0.3) is 0 Å². The highest BCUT2D eigenvalue weighted by Crippen LogP contribution is 2.36. The molecule has 0 aliphatic rings. The molecule has 0 rings (SSSR count). The Morgan fingerprint density at radius 1 is 0.639 bits per heavy atom. The quantitative estimate of drug-likeness (QED) is 0.0674. The summed E-state index contributed by atoms with van der Waals surface area (Å²) in [5, 5.41) is 0.215. The minimum absolute atomic E-state index is 0.00574. The minimum atomic E-state index is -1.76. The van der Waals surface area contributed by atoms with Crippen LogP contribution >= 0.6 is 0 Å². The third-order valence-electron chi connectivity index (χ3n) is 8.12. The Morgan fingerprint density at radius 2 is 1.06 bits per heavy atom. The molecule has 216 valence electrons. The zero-order valence-corrected chi connectivity index (χ0v) is 26.9. The van der Waals surface area contributed by atoms with Gasteiger partial charge in [-0.15, -0.1) is 0 Å². The van der Waals surface area contributed by atoms with Gasteiger partial charge in [-0.25, -0.2) is 0 Å². The van der Waals surface area contributed by atoms with Crippen molar-refractivity contribution in [2.24, 2.45) is 0 Å². The fourth-order valence-electron chi connectivity index (χ4n) is 4.43. The molecule has 0 amide bonds. The van der Waals surface area contributed by atoms with Gasteiger partial charge in [0.1, 0.15) is 6.10 Å². The molecule has 0 aromatic carbocycles. The van der Waals surface area contributed by atoms with E-state index in [1.54, 1.807) is 0 Å². The average molecular weight is 527 g/mol. The van der Waals surface area contributed by atoms with Crippen LogP contribution in [0.5, 0.6) is 0 Å². The van der Waals surface area contributed by atoms with Gasteiger partial charge in [0.05, 0.1) is 0 Å². The molecule has 0 aromatic rings. The first-order chi connectivity index (χ1) is 17.1. The van der Waals surface area contributed by atoms with Crippen molar-refractivity contribution in [1.29, 1.82) is 0 Å². The van der Waals surface area contributed by atoms with E-state index < -0.39 is 8.32 Å². The Bertz CT molecular complexity index is 498. The van der Waals surface area contributed by atoms with Crippen molar-refractivity contribution in [3.8, 4) is 0 Å². The molecule has 3 nitrogen and oxygen atoms in total. The maximum atomic E-state index is 12.6. The Balaban J connectivity index is 4.28. The molecular weight excluding hydrogens is 460 g/mol. The molecule has 0 aromatic heterocycles. The van der Waals surface area contributed by atoms with Crippen LogP contribution in [-0.2, 0) is 14.0 Å². The Kier molecular flexibility index (Phi) is 22.4. The molecule has 0 bridgehead atoms. The standard InChI is InChI=1S/C32H66O3Si/c1-8-10-12-14-16-18-20-22-24-26-30(28-29-34-36(6,7)32(3,4)5)35-31(33)27-25-23-21-19-17-15-13-11-9-2/h30H,8-29H2,1-7H3. The number of ether oxygens (including phenoxy) is 1. The van der Waals surface area contributed by atoms with E-state index in [1.807, 2.05) is 0 Å². The Hall–Kier alpha value is -0.353. The van der Waals surface area contributed by atoms with Crippen LogP contribution in [0.1, 0.15) is 169 Å². The first-order valence-electron chi connectivity index (χ1n) is 16.0. The normalized spacial score (nSPS) is 13.2. The number of esters is 1. The average Bonchev–Trinajstić information content (AvgIpc) is 2.81. The third kappa shape index (κ3) is 20.7. The number of unbranched alkanes of at least 4 members (excludes halogenated alkanes) is 16. The first-order valence-corrected chi connectivity index (χ1v) is 18.9. The van der Waals surface area contributed by atoms with Crippen molar-refractivity contribution in [2.45, 2.75) is 194 Å². The SMILES string of the molecule is CCCCCCCCCCCC(=O)OC(CCCCCCCCCCC)CCO[Si](C)(C)C(C)(C)C. The number of hydrogen-bond donors (Lipinski definition) is 0. The van der Waals surface area contributed by atoms with Crippen molar-refractivity contribution >= 4 is 14.3 Å². The summed E-state index contributed by atoms with van der Waals surface area (Å²) < 4.78 is 12.4. The fourth-order valence-corrected chi connectivity index (χ4v) is 5.49. The second-order valence-corrected chi connectivity index (χ2v) is 17.5. The molecule has 0 spiro atoms. The first kappa shape index (κ1) is 35.6. The molecule has 1 unspecified atom stereocenters. The van der Waals surface area contributed by atoms with E-state index in [0.717, 1.165) is 32.1 Å². The van der Waals surface area contributed by atoms with Crippen LogP contribution in [0.2, 0.25) is 18.1 Å². The zero-order chi connectivity index (χ0) is 27.1. The number of hydrogen-bond acceptors (Lipinski definition) is 3. The van der Waals surface area contributed by atoms with E-state index in [9.17, 15) is 4.79 Å². The lowest BCUT2D eigenvalue weighted by Crippen LogP contribution is -2.41. The number of carbonyl (C=O) groups excluding carboxylic acids is 1. The molecule has 0 radical (unpaired) electrons. The van der Waals surface area contributed by atoms with E-state index in [4.69, 9.17) is 9.16 Å². The van der Waals surface area contributed by atoms with Gasteiger partial charge >= 0.3 is 5.97 Å². The van der Waals surface area contributed by atoms with Gasteiger partial charge in [0.25, 0.3) is 0 Å². The summed E-state index contributed by atoms with van der Waals surface area (Å²) in [5.74, 6) is 0.00574. The monoisotopic (exact) mass is 526 g/mol. The van der Waals surface area contributed by atoms with Gasteiger partial charge in [-0.3, -0.25) is 4.79 Å². The van der Waals surface area contributed by atoms with E-state index >= 15 is 0 Å². The lowest BCUT2D eigenvalue weighted by Gasteiger charge is -2.36. The number of rotatable bonds is 25. The van der Waals surface area contributed by atoms with E-state index in [0.29, 0.717) is 13.0 Å². The highest BCUT2D eigenvalue weighted by Gasteiger charge is 2.37. The van der Waals surface area contributed by atoms with Crippen LogP contribution in [-0.4, -0.2) is 27.0 Å². The summed E-state index contributed by atoms with van der Waals surface area (Å²) in [7, 11) is -1.76. The maximum absolute atomic E-state index is 12.6. The summed E-state index contributed by atoms with van der Waals surface area (Å²) in [6.45, 7) is 16.7. The Morgan fingerprint density at radius 3 is 1.50 bits per heavy atom. The van der Waals surface area contributed by atoms with Crippen LogP contribution in [0.15, 0.2) is 0 Å². The molecule has 0 saturated heterocycles. The van der Waals surface area contributed by atoms with Crippen LogP contribution in [0.4, 0.5) is 0 Å². The maximum Gasteiger partial charge on any atom is 0.306 e. The predicted molar refractivity (Wildman–Crippen MR) is 161 cm³/mol. The molecule has 0 N–H and O–H groups in total. The van der Waals surface area contributed by atoms with Crippen molar-refractivity contribution in [3.05, 3.63) is 0 Å². The van der Waals surface area contributed by atoms with Gasteiger partial charge in [-0.2, -0.15) is 0 Å². The van der Waals surface area contributed by atoms with Gasteiger partial charge in [-0.1, -0.05) is 137 Å². The Labute approximate surface area is 228 Å². The highest BCUT2D eigenvalue weighted by molar-refractivity contribution is 6.74. The van der Waals surface area contributed by atoms with Crippen molar-refractivity contribution in [1.82, 2.24) is 0 Å². The zero-order valence-electron chi connectivity index (χ0n) is 25.9. The smallest absolute Gasteiger partial charge is 0.306 e. The van der Waals surface area contributed by atoms with E-state index in [1.165, 1.54) is 96.3 Å². The third-order valence-corrected chi connectivity index (χ3v) is 12.7. The van der Waals surface area contributed by atoms with Crippen molar-refractivity contribution in [2.75, 3.05) is 6.61 Å². The summed E-state index contributed by atoms with van der Waals surface area (Å²) in [5.41, 5.74) is 0. The highest BCUT2D eigenvalue weighted by atomic mass is 28.4. The summed E-state index contributed by atoms with van der Waals surface area (Å²) in [6, 6.07) is 0. The van der Waals surface area contributed by atoms with Crippen molar-refractivity contribution in [3.63, 3.8) is 0 Å². The lowest BCUT2D eigenvalue weighted by atomic mass is 10.0. The minimum Gasteiger partial charge on any atom is -0.462 e. The summed E-state index contributed by atoms with van der Waals surface area (Å²) in [6.07, 6.45) is 25.8. The molecular formula is C32H66O3Si. The summed E-state index contributed by atoms with van der Waals surface area (Å²) in [4.78, 5) is 12.6. The molecule has 0 heterocycles. The molecule has 0 fully saturated rings. The van der Waals surface area contributed by atoms with Gasteiger partial charge < -0.3 is 9.16 Å². The lowest BCUT2D eigenvalue weighted by molar-refractivity contribution is -0.150. The molecule has 0 aliphatic heterocycles. The largest absolute Gasteiger partial charge is 0.462 e. The van der Waals surface area contributed by atoms with E-state index in [2.05, 4.69) is 47.7 Å².